The number of nitrogens with zero attached hydrogens (tertiary/aromatic N) is 1. The molecule has 3 aromatic rings. The number of thioether (sulfide) groups is 1. The first-order valence-corrected chi connectivity index (χ1v) is 13.5. The van der Waals surface area contributed by atoms with Crippen molar-refractivity contribution < 1.29 is 14.0 Å². The van der Waals surface area contributed by atoms with Gasteiger partial charge in [-0.2, -0.15) is 0 Å². The van der Waals surface area contributed by atoms with Gasteiger partial charge in [0.2, 0.25) is 11.8 Å². The van der Waals surface area contributed by atoms with Crippen molar-refractivity contribution in [1.82, 2.24) is 10.2 Å². The van der Waals surface area contributed by atoms with Gasteiger partial charge in [0.1, 0.15) is 11.9 Å². The second-order valence-corrected chi connectivity index (χ2v) is 10.5. The third kappa shape index (κ3) is 8.10. The van der Waals surface area contributed by atoms with Gasteiger partial charge < -0.3 is 10.2 Å². The van der Waals surface area contributed by atoms with Gasteiger partial charge in [0.25, 0.3) is 0 Å². The highest BCUT2D eigenvalue weighted by molar-refractivity contribution is 7.99. The van der Waals surface area contributed by atoms with Crippen molar-refractivity contribution in [3.63, 3.8) is 0 Å². The molecule has 1 N–H and O–H groups in total. The zero-order chi connectivity index (χ0) is 26.1. The first kappa shape index (κ1) is 27.8. The summed E-state index contributed by atoms with van der Waals surface area (Å²) >= 11 is 7.44. The highest BCUT2D eigenvalue weighted by atomic mass is 35.5. The molecule has 4 nitrogen and oxygen atoms in total. The van der Waals surface area contributed by atoms with Gasteiger partial charge >= 0.3 is 0 Å². The Morgan fingerprint density at radius 1 is 0.972 bits per heavy atom. The highest BCUT2D eigenvalue weighted by Gasteiger charge is 2.30. The molecule has 1 unspecified atom stereocenters. The second-order valence-electron chi connectivity index (χ2n) is 9.07. The predicted octanol–water partition coefficient (Wildman–Crippen LogP) is 6.19. The number of carbonyl (C=O) groups is 2. The van der Waals surface area contributed by atoms with Crippen LogP contribution in [0.15, 0.2) is 72.8 Å². The lowest BCUT2D eigenvalue weighted by Gasteiger charge is -2.32. The third-order valence-electron chi connectivity index (χ3n) is 5.71. The lowest BCUT2D eigenvalue weighted by molar-refractivity contribution is -0.139. The highest BCUT2D eigenvalue weighted by Crippen LogP contribution is 2.25. The molecule has 190 valence electrons. The van der Waals surface area contributed by atoms with Crippen LogP contribution in [0.1, 0.15) is 36.1 Å². The number of carbonyl (C=O) groups excluding carboxylic acids is 2. The van der Waals surface area contributed by atoms with Gasteiger partial charge in [-0.05, 0) is 44.0 Å². The zero-order valence-corrected chi connectivity index (χ0v) is 22.4. The molecular formula is C29H32ClFN2O2S. The van der Waals surface area contributed by atoms with Gasteiger partial charge in [-0.1, -0.05) is 77.8 Å². The van der Waals surface area contributed by atoms with Crippen LogP contribution in [0.3, 0.4) is 0 Å². The van der Waals surface area contributed by atoms with Gasteiger partial charge in [-0.3, -0.25) is 9.59 Å². The Hall–Kier alpha value is -2.83. The molecule has 0 aromatic heterocycles. The fourth-order valence-corrected chi connectivity index (χ4v) is 5.07. The molecule has 0 aliphatic carbocycles. The first-order chi connectivity index (χ1) is 17.2. The molecule has 1 atom stereocenters. The summed E-state index contributed by atoms with van der Waals surface area (Å²) in [6, 6.07) is 21.4. The zero-order valence-electron chi connectivity index (χ0n) is 20.8. The molecule has 0 saturated carbocycles. The van der Waals surface area contributed by atoms with E-state index in [0.717, 1.165) is 16.7 Å². The fraction of sp³-hybridized carbons (Fsp3) is 0.310. The smallest absolute Gasteiger partial charge is 0.243 e. The van der Waals surface area contributed by atoms with Crippen molar-refractivity contribution in [2.24, 2.45) is 0 Å². The Kier molecular flexibility index (Phi) is 10.4. The standard InChI is InChI=1S/C29H32ClFN2O2S/c1-20(2)32-29(35)27(16-22-8-5-4-6-9-22)33(17-23-14-12-21(3)13-15-23)28(34)19-36-18-24-25(30)10-7-11-26(24)31/h4-15,20,27H,16-19H2,1-3H3,(H,32,35). The molecule has 0 aliphatic rings. The monoisotopic (exact) mass is 526 g/mol. The number of benzene rings is 3. The Bertz CT molecular complexity index is 1140. The number of halogens is 2. The van der Waals surface area contributed by atoms with Crippen LogP contribution in [0.4, 0.5) is 4.39 Å². The summed E-state index contributed by atoms with van der Waals surface area (Å²) in [7, 11) is 0. The van der Waals surface area contributed by atoms with Crippen LogP contribution in [0, 0.1) is 12.7 Å². The van der Waals surface area contributed by atoms with Crippen molar-refractivity contribution in [3.8, 4) is 0 Å². The SMILES string of the molecule is Cc1ccc(CN(C(=O)CSCc2c(F)cccc2Cl)C(Cc2ccccc2)C(=O)NC(C)C)cc1. The van der Waals surface area contributed by atoms with Gasteiger partial charge in [0.05, 0.1) is 5.75 Å². The lowest BCUT2D eigenvalue weighted by atomic mass is 10.0. The van der Waals surface area contributed by atoms with Crippen molar-refractivity contribution in [2.75, 3.05) is 5.75 Å². The van der Waals surface area contributed by atoms with Crippen LogP contribution in [0.2, 0.25) is 5.02 Å². The van der Waals surface area contributed by atoms with Crippen LogP contribution in [0.25, 0.3) is 0 Å². The number of aryl methyl sites for hydroxylation is 1. The van der Waals surface area contributed by atoms with E-state index in [1.807, 2.05) is 75.4 Å². The summed E-state index contributed by atoms with van der Waals surface area (Å²) in [4.78, 5) is 28.6. The Labute approximate surface area is 222 Å². The van der Waals surface area contributed by atoms with Gasteiger partial charge in [0, 0.05) is 35.3 Å². The minimum Gasteiger partial charge on any atom is -0.352 e. The summed E-state index contributed by atoms with van der Waals surface area (Å²) in [5.41, 5.74) is 3.40. The number of rotatable bonds is 11. The maximum absolute atomic E-state index is 14.2. The van der Waals surface area contributed by atoms with Crippen molar-refractivity contribution >= 4 is 35.2 Å². The van der Waals surface area contributed by atoms with Gasteiger partial charge in [-0.25, -0.2) is 4.39 Å². The van der Waals surface area contributed by atoms with E-state index in [4.69, 9.17) is 11.6 Å². The average Bonchev–Trinajstić information content (AvgIpc) is 2.84. The molecule has 7 heteroatoms. The quantitative estimate of drug-likeness (QED) is 0.324. The predicted molar refractivity (Wildman–Crippen MR) is 147 cm³/mol. The fourth-order valence-electron chi connectivity index (χ4n) is 3.82. The number of hydrogen-bond donors (Lipinski definition) is 1. The van der Waals surface area contributed by atoms with Crippen LogP contribution >= 0.6 is 23.4 Å². The molecule has 0 spiro atoms. The van der Waals surface area contributed by atoms with E-state index in [9.17, 15) is 14.0 Å². The molecule has 3 aromatic carbocycles. The summed E-state index contributed by atoms with van der Waals surface area (Å²) < 4.78 is 14.2. The van der Waals surface area contributed by atoms with Crippen molar-refractivity contribution in [1.29, 1.82) is 0 Å². The largest absolute Gasteiger partial charge is 0.352 e. The Balaban J connectivity index is 1.86. The maximum atomic E-state index is 14.2. The van der Waals surface area contributed by atoms with Crippen LogP contribution in [-0.2, 0) is 28.3 Å². The molecule has 0 fully saturated rings. The molecule has 0 heterocycles. The summed E-state index contributed by atoms with van der Waals surface area (Å²) in [6.45, 7) is 6.10. The van der Waals surface area contributed by atoms with E-state index in [1.54, 1.807) is 17.0 Å². The van der Waals surface area contributed by atoms with E-state index in [2.05, 4.69) is 5.32 Å². The third-order valence-corrected chi connectivity index (χ3v) is 7.01. The molecule has 2 amide bonds. The summed E-state index contributed by atoms with van der Waals surface area (Å²) in [6.07, 6.45) is 0.390. The minimum atomic E-state index is -0.693. The van der Waals surface area contributed by atoms with E-state index in [-0.39, 0.29) is 29.4 Å². The molecule has 0 radical (unpaired) electrons. The van der Waals surface area contributed by atoms with E-state index in [1.165, 1.54) is 17.8 Å². The van der Waals surface area contributed by atoms with Gasteiger partial charge in [0.15, 0.2) is 0 Å². The van der Waals surface area contributed by atoms with Crippen LogP contribution in [-0.4, -0.2) is 34.6 Å². The Morgan fingerprint density at radius 3 is 2.31 bits per heavy atom. The first-order valence-electron chi connectivity index (χ1n) is 11.9. The van der Waals surface area contributed by atoms with Crippen LogP contribution in [0.5, 0.6) is 0 Å². The topological polar surface area (TPSA) is 49.4 Å². The average molecular weight is 527 g/mol. The lowest BCUT2D eigenvalue weighted by Crippen LogP contribution is -2.52. The molecule has 3 rings (SSSR count). The van der Waals surface area contributed by atoms with Crippen LogP contribution < -0.4 is 5.32 Å². The van der Waals surface area contributed by atoms with Gasteiger partial charge in [-0.15, -0.1) is 11.8 Å². The normalized spacial score (nSPS) is 11.8. The maximum Gasteiger partial charge on any atom is 0.243 e. The van der Waals surface area contributed by atoms with E-state index >= 15 is 0 Å². The second kappa shape index (κ2) is 13.5. The molecule has 0 bridgehead atoms. The molecule has 36 heavy (non-hydrogen) atoms. The molecule has 0 saturated heterocycles. The van der Waals surface area contributed by atoms with E-state index in [0.29, 0.717) is 23.6 Å². The van der Waals surface area contributed by atoms with E-state index < -0.39 is 11.9 Å². The summed E-state index contributed by atoms with van der Waals surface area (Å²) in [5.74, 6) is -0.421. The molecular weight excluding hydrogens is 495 g/mol. The van der Waals surface area contributed by atoms with Crippen molar-refractivity contribution in [3.05, 3.63) is 106 Å². The minimum absolute atomic E-state index is 0.0651. The summed E-state index contributed by atoms with van der Waals surface area (Å²) in [5, 5.41) is 3.32. The molecule has 0 aliphatic heterocycles. The Morgan fingerprint density at radius 2 is 1.67 bits per heavy atom. The number of nitrogens with one attached hydrogen (secondary N) is 1. The number of amides is 2. The van der Waals surface area contributed by atoms with Crippen molar-refractivity contribution in [2.45, 2.75) is 51.6 Å². The number of hydrogen-bond acceptors (Lipinski definition) is 3.